The maximum Gasteiger partial charge on any atom is 0.156 e. The molecule has 6 heteroatoms. The first-order chi connectivity index (χ1) is 9.92. The number of nitrogens with one attached hydrogen (secondary N) is 1. The highest BCUT2D eigenvalue weighted by molar-refractivity contribution is 9.10. The summed E-state index contributed by atoms with van der Waals surface area (Å²) in [5, 5.41) is 12.9. The Morgan fingerprint density at radius 1 is 1.33 bits per heavy atom. The molecule has 112 valence electrons. The number of methoxy groups -OCH3 is 1. The van der Waals surface area contributed by atoms with Crippen molar-refractivity contribution in [2.24, 2.45) is 0 Å². The number of hydrogen-bond acceptors (Lipinski definition) is 3. The van der Waals surface area contributed by atoms with E-state index < -0.39 is 5.82 Å². The van der Waals surface area contributed by atoms with E-state index in [9.17, 15) is 9.50 Å². The summed E-state index contributed by atoms with van der Waals surface area (Å²) >= 11 is 9.40. The van der Waals surface area contributed by atoms with Gasteiger partial charge in [0.05, 0.1) is 23.3 Å². The van der Waals surface area contributed by atoms with Gasteiger partial charge in [0.15, 0.2) is 5.75 Å². The number of phenols is 1. The van der Waals surface area contributed by atoms with Crippen LogP contribution in [0, 0.1) is 5.82 Å². The largest absolute Gasteiger partial charge is 0.508 e. The Morgan fingerprint density at radius 2 is 2.05 bits per heavy atom. The van der Waals surface area contributed by atoms with Gasteiger partial charge in [0.1, 0.15) is 11.6 Å². The van der Waals surface area contributed by atoms with Crippen LogP contribution in [0.3, 0.4) is 0 Å². The van der Waals surface area contributed by atoms with Gasteiger partial charge in [-0.3, -0.25) is 0 Å². The zero-order chi connectivity index (χ0) is 15.6. The Balaban J connectivity index is 2.33. The quantitative estimate of drug-likeness (QED) is 0.779. The molecule has 21 heavy (non-hydrogen) atoms. The van der Waals surface area contributed by atoms with E-state index >= 15 is 0 Å². The molecule has 1 atom stereocenters. The van der Waals surface area contributed by atoms with Crippen LogP contribution in [0.15, 0.2) is 34.8 Å². The lowest BCUT2D eigenvalue weighted by atomic mass is 10.1. The van der Waals surface area contributed by atoms with Crippen molar-refractivity contribution in [1.29, 1.82) is 0 Å². The number of aromatic hydroxyl groups is 1. The fourth-order valence-corrected chi connectivity index (χ4v) is 3.03. The van der Waals surface area contributed by atoms with Crippen LogP contribution in [0.4, 0.5) is 10.1 Å². The smallest absolute Gasteiger partial charge is 0.156 e. The first kappa shape index (κ1) is 15.9. The average Bonchev–Trinajstić information content (AvgIpc) is 2.37. The molecule has 0 bridgehead atoms. The Kier molecular flexibility index (Phi) is 4.96. The number of phenolic OH excluding ortho intramolecular Hbond substituents is 1. The molecule has 0 amide bonds. The number of ether oxygens (including phenoxy) is 1. The molecule has 0 spiro atoms. The molecule has 1 unspecified atom stereocenters. The second-order valence-corrected chi connectivity index (χ2v) is 5.83. The molecule has 0 aliphatic heterocycles. The third kappa shape index (κ3) is 3.60. The van der Waals surface area contributed by atoms with Crippen molar-refractivity contribution in [3.8, 4) is 11.5 Å². The van der Waals surface area contributed by atoms with Crippen molar-refractivity contribution in [2.75, 3.05) is 12.4 Å². The van der Waals surface area contributed by atoms with Gasteiger partial charge in [-0.25, -0.2) is 4.39 Å². The van der Waals surface area contributed by atoms with Gasteiger partial charge in [-0.2, -0.15) is 0 Å². The minimum Gasteiger partial charge on any atom is -0.508 e. The van der Waals surface area contributed by atoms with Crippen molar-refractivity contribution in [3.05, 3.63) is 51.2 Å². The average molecular weight is 375 g/mol. The molecule has 0 aromatic heterocycles. The van der Waals surface area contributed by atoms with Crippen molar-refractivity contribution < 1.29 is 14.2 Å². The topological polar surface area (TPSA) is 41.5 Å². The zero-order valence-electron chi connectivity index (χ0n) is 11.5. The maximum atomic E-state index is 13.9. The van der Waals surface area contributed by atoms with Crippen LogP contribution >= 0.6 is 27.5 Å². The first-order valence-corrected chi connectivity index (χ1v) is 7.37. The van der Waals surface area contributed by atoms with Crippen LogP contribution in [0.2, 0.25) is 5.02 Å². The van der Waals surface area contributed by atoms with Gasteiger partial charge in [-0.05, 0) is 41.1 Å². The van der Waals surface area contributed by atoms with Gasteiger partial charge in [0.2, 0.25) is 0 Å². The fourth-order valence-electron chi connectivity index (χ4n) is 2.05. The lowest BCUT2D eigenvalue weighted by molar-refractivity contribution is 0.413. The van der Waals surface area contributed by atoms with Crippen molar-refractivity contribution in [3.63, 3.8) is 0 Å². The Hall–Kier alpha value is -1.46. The zero-order valence-corrected chi connectivity index (χ0v) is 13.8. The highest BCUT2D eigenvalue weighted by Gasteiger charge is 2.15. The lowest BCUT2D eigenvalue weighted by Gasteiger charge is -2.19. The van der Waals surface area contributed by atoms with Crippen LogP contribution in [0.5, 0.6) is 11.5 Å². The highest BCUT2D eigenvalue weighted by Crippen LogP contribution is 2.38. The first-order valence-electron chi connectivity index (χ1n) is 6.20. The van der Waals surface area contributed by atoms with Crippen LogP contribution in [-0.2, 0) is 0 Å². The Morgan fingerprint density at radius 3 is 2.67 bits per heavy atom. The molecule has 0 fully saturated rings. The molecule has 0 saturated carbocycles. The number of hydrogen-bond donors (Lipinski definition) is 2. The van der Waals surface area contributed by atoms with E-state index in [4.69, 9.17) is 16.3 Å². The number of anilines is 1. The molecule has 2 N–H and O–H groups in total. The summed E-state index contributed by atoms with van der Waals surface area (Å²) in [6.45, 7) is 1.81. The molecule has 0 heterocycles. The SMILES string of the molecule is COc1c(Br)cc(Cl)cc1NC(C)c1ccc(O)cc1F. The second-order valence-electron chi connectivity index (χ2n) is 4.54. The van der Waals surface area contributed by atoms with Crippen LogP contribution in [0.25, 0.3) is 0 Å². The van der Waals surface area contributed by atoms with E-state index in [1.807, 2.05) is 6.92 Å². The molecule has 2 aromatic carbocycles. The summed E-state index contributed by atoms with van der Waals surface area (Å²) in [4.78, 5) is 0. The predicted molar refractivity (Wildman–Crippen MR) is 85.8 cm³/mol. The van der Waals surface area contributed by atoms with Gasteiger partial charge in [-0.15, -0.1) is 0 Å². The van der Waals surface area contributed by atoms with Crippen LogP contribution < -0.4 is 10.1 Å². The van der Waals surface area contributed by atoms with Gasteiger partial charge >= 0.3 is 0 Å². The molecule has 2 aromatic rings. The van der Waals surface area contributed by atoms with Crippen LogP contribution in [0.1, 0.15) is 18.5 Å². The van der Waals surface area contributed by atoms with E-state index in [0.29, 0.717) is 26.5 Å². The molecule has 0 aliphatic rings. The van der Waals surface area contributed by atoms with Crippen molar-refractivity contribution >= 4 is 33.2 Å². The van der Waals surface area contributed by atoms with Gasteiger partial charge in [-0.1, -0.05) is 17.7 Å². The summed E-state index contributed by atoms with van der Waals surface area (Å²) in [5.41, 5.74) is 1.09. The maximum absolute atomic E-state index is 13.9. The third-order valence-corrected chi connectivity index (χ3v) is 3.84. The summed E-state index contributed by atoms with van der Waals surface area (Å²) in [6.07, 6.45) is 0. The van der Waals surface area contributed by atoms with Crippen molar-refractivity contribution in [2.45, 2.75) is 13.0 Å². The number of rotatable bonds is 4. The molecule has 0 saturated heterocycles. The van der Waals surface area contributed by atoms with Crippen LogP contribution in [-0.4, -0.2) is 12.2 Å². The van der Waals surface area contributed by atoms with E-state index in [2.05, 4.69) is 21.2 Å². The van der Waals surface area contributed by atoms with E-state index in [1.165, 1.54) is 12.1 Å². The summed E-state index contributed by atoms with van der Waals surface area (Å²) < 4.78 is 19.9. The Bertz CT molecular complexity index is 666. The minimum absolute atomic E-state index is 0.105. The lowest BCUT2D eigenvalue weighted by Crippen LogP contribution is -2.09. The third-order valence-electron chi connectivity index (χ3n) is 3.04. The minimum atomic E-state index is -0.477. The normalized spacial score (nSPS) is 12.0. The molecule has 3 nitrogen and oxygen atoms in total. The standard InChI is InChI=1S/C15H14BrClFNO2/c1-8(11-4-3-10(20)7-13(11)18)19-14-6-9(17)5-12(16)15(14)21-2/h3-8,19-20H,1-2H3. The van der Waals surface area contributed by atoms with Gasteiger partial charge in [0, 0.05) is 16.7 Å². The molecular formula is C15H14BrClFNO2. The van der Waals surface area contributed by atoms with E-state index in [0.717, 1.165) is 6.07 Å². The molecule has 0 aliphatic carbocycles. The van der Waals surface area contributed by atoms with E-state index in [1.54, 1.807) is 19.2 Å². The van der Waals surface area contributed by atoms with Gasteiger partial charge in [0.25, 0.3) is 0 Å². The summed E-state index contributed by atoms with van der Waals surface area (Å²) in [6, 6.07) is 7.16. The Labute approximate surface area is 135 Å². The highest BCUT2D eigenvalue weighted by atomic mass is 79.9. The molecule has 0 radical (unpaired) electrons. The number of halogens is 3. The van der Waals surface area contributed by atoms with E-state index in [-0.39, 0.29) is 11.8 Å². The summed E-state index contributed by atoms with van der Waals surface area (Å²) in [7, 11) is 1.55. The molecule has 2 rings (SSSR count). The van der Waals surface area contributed by atoms with Gasteiger partial charge < -0.3 is 15.2 Å². The summed E-state index contributed by atoms with van der Waals surface area (Å²) in [5.74, 6) is 0.00651. The number of benzene rings is 2. The fraction of sp³-hybridized carbons (Fsp3) is 0.200. The second kappa shape index (κ2) is 6.54. The predicted octanol–water partition coefficient (Wildman–Crippen LogP) is 5.13. The molecular weight excluding hydrogens is 361 g/mol. The van der Waals surface area contributed by atoms with Crippen molar-refractivity contribution in [1.82, 2.24) is 0 Å². The monoisotopic (exact) mass is 373 g/mol.